The molecule has 0 bridgehead atoms. The number of nitrogens with zero attached hydrogens (tertiary/aromatic N) is 1. The first-order valence-corrected chi connectivity index (χ1v) is 8.28. The maximum Gasteiger partial charge on any atom is 0.123 e. The molecule has 1 aromatic rings. The van der Waals surface area contributed by atoms with Gasteiger partial charge in [-0.1, -0.05) is 46.2 Å². The van der Waals surface area contributed by atoms with Crippen molar-refractivity contribution < 1.29 is 9.13 Å². The lowest BCUT2D eigenvalue weighted by atomic mass is 9.93. The number of benzene rings is 1. The molecule has 1 aliphatic heterocycles. The first-order chi connectivity index (χ1) is 10.2. The summed E-state index contributed by atoms with van der Waals surface area (Å²) in [6.07, 6.45) is 2.31. The van der Waals surface area contributed by atoms with E-state index in [0.717, 1.165) is 32.7 Å². The van der Waals surface area contributed by atoms with Gasteiger partial charge in [-0.05, 0) is 30.0 Å². The molecule has 21 heavy (non-hydrogen) atoms. The number of morpholine rings is 1. The molecule has 0 spiro atoms. The molecule has 0 aromatic heterocycles. The molecule has 1 aromatic carbocycles. The van der Waals surface area contributed by atoms with Gasteiger partial charge in [-0.2, -0.15) is 0 Å². The predicted molar refractivity (Wildman–Crippen MR) is 87.0 cm³/mol. The molecule has 0 radical (unpaired) electrons. The zero-order valence-corrected chi connectivity index (χ0v) is 13.9. The van der Waals surface area contributed by atoms with Crippen molar-refractivity contribution in [2.24, 2.45) is 5.92 Å². The Morgan fingerprint density at radius 3 is 2.24 bits per heavy atom. The van der Waals surface area contributed by atoms with Gasteiger partial charge >= 0.3 is 0 Å². The van der Waals surface area contributed by atoms with Crippen LogP contribution in [-0.4, -0.2) is 31.2 Å². The third-order valence-corrected chi connectivity index (χ3v) is 4.06. The van der Waals surface area contributed by atoms with Crippen molar-refractivity contribution in [3.63, 3.8) is 0 Å². The SMILES string of the molecule is CC.CCC(C)CC(c1ccc(F)cc1)N1CCOCC1. The van der Waals surface area contributed by atoms with Gasteiger partial charge in [0, 0.05) is 19.1 Å². The van der Waals surface area contributed by atoms with Crippen molar-refractivity contribution in [1.82, 2.24) is 4.90 Å². The second-order valence-electron chi connectivity index (χ2n) is 5.46. The summed E-state index contributed by atoms with van der Waals surface area (Å²) in [5.41, 5.74) is 1.23. The van der Waals surface area contributed by atoms with E-state index in [1.807, 2.05) is 26.0 Å². The monoisotopic (exact) mass is 295 g/mol. The smallest absolute Gasteiger partial charge is 0.123 e. The largest absolute Gasteiger partial charge is 0.379 e. The molecule has 2 atom stereocenters. The molecule has 2 unspecified atom stereocenters. The van der Waals surface area contributed by atoms with E-state index in [4.69, 9.17) is 4.74 Å². The number of halogens is 1. The van der Waals surface area contributed by atoms with Crippen molar-refractivity contribution in [2.45, 2.75) is 46.6 Å². The Morgan fingerprint density at radius 1 is 1.14 bits per heavy atom. The van der Waals surface area contributed by atoms with E-state index in [1.54, 1.807) is 12.1 Å². The van der Waals surface area contributed by atoms with Crippen molar-refractivity contribution in [1.29, 1.82) is 0 Å². The van der Waals surface area contributed by atoms with E-state index in [1.165, 1.54) is 12.0 Å². The summed E-state index contributed by atoms with van der Waals surface area (Å²) in [7, 11) is 0. The topological polar surface area (TPSA) is 12.5 Å². The van der Waals surface area contributed by atoms with E-state index in [9.17, 15) is 4.39 Å². The summed E-state index contributed by atoms with van der Waals surface area (Å²) in [4.78, 5) is 2.48. The summed E-state index contributed by atoms with van der Waals surface area (Å²) < 4.78 is 18.5. The van der Waals surface area contributed by atoms with E-state index < -0.39 is 0 Å². The van der Waals surface area contributed by atoms with Crippen LogP contribution in [0.1, 0.15) is 52.1 Å². The molecule has 1 heterocycles. The highest BCUT2D eigenvalue weighted by Gasteiger charge is 2.23. The van der Waals surface area contributed by atoms with Gasteiger partial charge in [-0.25, -0.2) is 4.39 Å². The van der Waals surface area contributed by atoms with Crippen LogP contribution in [-0.2, 0) is 4.74 Å². The van der Waals surface area contributed by atoms with Gasteiger partial charge in [0.1, 0.15) is 5.82 Å². The maximum atomic E-state index is 13.1. The molecule has 0 saturated carbocycles. The zero-order valence-electron chi connectivity index (χ0n) is 13.9. The minimum atomic E-state index is -0.159. The first-order valence-electron chi connectivity index (χ1n) is 8.28. The summed E-state index contributed by atoms with van der Waals surface area (Å²) >= 11 is 0. The van der Waals surface area contributed by atoms with Crippen LogP contribution in [0.4, 0.5) is 4.39 Å². The fourth-order valence-corrected chi connectivity index (χ4v) is 2.62. The molecule has 0 aliphatic carbocycles. The molecular formula is C18H30FNO. The summed E-state index contributed by atoms with van der Waals surface area (Å²) in [6.45, 7) is 12.1. The Morgan fingerprint density at radius 2 is 1.71 bits per heavy atom. The van der Waals surface area contributed by atoms with Crippen molar-refractivity contribution in [3.05, 3.63) is 35.6 Å². The quantitative estimate of drug-likeness (QED) is 0.783. The Labute approximate surface area is 129 Å². The lowest BCUT2D eigenvalue weighted by molar-refractivity contribution is 0.0110. The Bertz CT molecular complexity index is 373. The Hall–Kier alpha value is -0.930. The van der Waals surface area contributed by atoms with E-state index in [-0.39, 0.29) is 5.82 Å². The normalized spacial score (nSPS) is 18.5. The van der Waals surface area contributed by atoms with Gasteiger partial charge in [0.25, 0.3) is 0 Å². The third-order valence-electron chi connectivity index (χ3n) is 4.06. The van der Waals surface area contributed by atoms with Crippen LogP contribution in [0.2, 0.25) is 0 Å². The molecular weight excluding hydrogens is 265 g/mol. The van der Waals surface area contributed by atoms with Crippen molar-refractivity contribution in [2.75, 3.05) is 26.3 Å². The molecule has 2 nitrogen and oxygen atoms in total. The second kappa shape index (κ2) is 9.91. The third kappa shape index (κ3) is 5.76. The first kappa shape index (κ1) is 18.1. The van der Waals surface area contributed by atoms with Gasteiger partial charge in [-0.3, -0.25) is 4.90 Å². The number of hydrogen-bond acceptors (Lipinski definition) is 2. The van der Waals surface area contributed by atoms with E-state index >= 15 is 0 Å². The highest BCUT2D eigenvalue weighted by molar-refractivity contribution is 5.20. The van der Waals surface area contributed by atoms with Gasteiger partial charge in [-0.15, -0.1) is 0 Å². The van der Waals surface area contributed by atoms with Crippen LogP contribution in [0.5, 0.6) is 0 Å². The molecule has 1 aliphatic rings. The molecule has 2 rings (SSSR count). The van der Waals surface area contributed by atoms with Gasteiger partial charge in [0.05, 0.1) is 13.2 Å². The van der Waals surface area contributed by atoms with Crippen LogP contribution < -0.4 is 0 Å². The minimum Gasteiger partial charge on any atom is -0.379 e. The summed E-state index contributed by atoms with van der Waals surface area (Å²) in [6, 6.07) is 7.38. The second-order valence-corrected chi connectivity index (χ2v) is 5.46. The van der Waals surface area contributed by atoms with E-state index in [0.29, 0.717) is 12.0 Å². The summed E-state index contributed by atoms with van der Waals surface area (Å²) in [5.74, 6) is 0.519. The average molecular weight is 295 g/mol. The van der Waals surface area contributed by atoms with Crippen molar-refractivity contribution >= 4 is 0 Å². The molecule has 0 N–H and O–H groups in total. The fraction of sp³-hybridized carbons (Fsp3) is 0.667. The highest BCUT2D eigenvalue weighted by atomic mass is 19.1. The zero-order chi connectivity index (χ0) is 15.7. The standard InChI is InChI=1S/C16H24FNO.C2H6/c1-3-13(2)12-16(18-8-10-19-11-9-18)14-4-6-15(17)7-5-14;1-2/h4-7,13,16H,3,8-12H2,1-2H3;1-2H3. The maximum absolute atomic E-state index is 13.1. The van der Waals surface area contributed by atoms with Crippen LogP contribution in [0, 0.1) is 11.7 Å². The number of rotatable bonds is 5. The molecule has 3 heteroatoms. The van der Waals surface area contributed by atoms with Gasteiger partial charge in [0.15, 0.2) is 0 Å². The highest BCUT2D eigenvalue weighted by Crippen LogP contribution is 2.29. The lowest BCUT2D eigenvalue weighted by Crippen LogP contribution is -2.39. The predicted octanol–water partition coefficient (Wildman–Crippen LogP) is 4.66. The summed E-state index contributed by atoms with van der Waals surface area (Å²) in [5, 5.41) is 0. The van der Waals surface area contributed by atoms with Crippen LogP contribution in [0.15, 0.2) is 24.3 Å². The van der Waals surface area contributed by atoms with Crippen LogP contribution >= 0.6 is 0 Å². The van der Waals surface area contributed by atoms with Crippen LogP contribution in [0.3, 0.4) is 0 Å². The minimum absolute atomic E-state index is 0.159. The average Bonchev–Trinajstić information content (AvgIpc) is 2.56. The lowest BCUT2D eigenvalue weighted by Gasteiger charge is -2.36. The molecule has 1 fully saturated rings. The van der Waals surface area contributed by atoms with E-state index in [2.05, 4.69) is 18.7 Å². The Balaban J connectivity index is 0.00000106. The number of ether oxygens (including phenoxy) is 1. The molecule has 120 valence electrons. The Kier molecular flexibility index (Phi) is 8.55. The molecule has 0 amide bonds. The van der Waals surface area contributed by atoms with Crippen LogP contribution in [0.25, 0.3) is 0 Å². The van der Waals surface area contributed by atoms with Gasteiger partial charge < -0.3 is 4.74 Å². The molecule has 1 saturated heterocycles. The van der Waals surface area contributed by atoms with Gasteiger partial charge in [0.2, 0.25) is 0 Å². The fourth-order valence-electron chi connectivity index (χ4n) is 2.62. The number of hydrogen-bond donors (Lipinski definition) is 0. The van der Waals surface area contributed by atoms with Crippen molar-refractivity contribution in [3.8, 4) is 0 Å².